The molecular formula is C15H24F2N2. The lowest BCUT2D eigenvalue weighted by Crippen LogP contribution is -2.32. The predicted molar refractivity (Wildman–Crippen MR) is 76.5 cm³/mol. The lowest BCUT2D eigenvalue weighted by atomic mass is 10.0. The maximum absolute atomic E-state index is 14.1. The molecule has 1 unspecified atom stereocenters. The van der Waals surface area contributed by atoms with Gasteiger partial charge in [0, 0.05) is 18.6 Å². The largest absolute Gasteiger partial charge is 0.365 e. The maximum Gasteiger partial charge on any atom is 0.149 e. The first-order chi connectivity index (χ1) is 8.90. The van der Waals surface area contributed by atoms with Gasteiger partial charge in [0.15, 0.2) is 0 Å². The molecule has 0 aliphatic heterocycles. The van der Waals surface area contributed by atoms with Crippen molar-refractivity contribution in [1.82, 2.24) is 0 Å². The third-order valence-electron chi connectivity index (χ3n) is 3.35. The second-order valence-electron chi connectivity index (χ2n) is 5.16. The van der Waals surface area contributed by atoms with Crippen molar-refractivity contribution in [3.05, 3.63) is 29.3 Å². The lowest BCUT2D eigenvalue weighted by Gasteiger charge is -2.28. The second kappa shape index (κ2) is 6.85. The van der Waals surface area contributed by atoms with Crippen LogP contribution in [0.3, 0.4) is 0 Å². The van der Waals surface area contributed by atoms with Gasteiger partial charge in [-0.15, -0.1) is 0 Å². The average Bonchev–Trinajstić information content (AvgIpc) is 2.32. The van der Waals surface area contributed by atoms with E-state index in [1.54, 1.807) is 4.90 Å². The highest BCUT2D eigenvalue weighted by Crippen LogP contribution is 2.27. The third kappa shape index (κ3) is 3.90. The Hall–Kier alpha value is -1.16. The minimum atomic E-state index is -0.506. The van der Waals surface area contributed by atoms with Gasteiger partial charge in [-0.2, -0.15) is 0 Å². The van der Waals surface area contributed by atoms with Crippen LogP contribution in [0.2, 0.25) is 0 Å². The normalized spacial score (nSPS) is 12.8. The van der Waals surface area contributed by atoms with Crippen LogP contribution in [0.25, 0.3) is 0 Å². The van der Waals surface area contributed by atoms with Crippen LogP contribution >= 0.6 is 0 Å². The van der Waals surface area contributed by atoms with Crippen molar-refractivity contribution in [3.63, 3.8) is 0 Å². The molecule has 19 heavy (non-hydrogen) atoms. The van der Waals surface area contributed by atoms with E-state index in [0.717, 1.165) is 6.42 Å². The minimum Gasteiger partial charge on any atom is -0.365 e. The number of nitrogens with zero attached hydrogens (tertiary/aromatic N) is 1. The smallest absolute Gasteiger partial charge is 0.149 e. The SMILES string of the molecule is CCC(N)Cc1cc(F)c(N(CC)C(C)C)c(F)c1. The van der Waals surface area contributed by atoms with Crippen molar-refractivity contribution < 1.29 is 8.78 Å². The van der Waals surface area contributed by atoms with Crippen molar-refractivity contribution in [1.29, 1.82) is 0 Å². The summed E-state index contributed by atoms with van der Waals surface area (Å²) in [4.78, 5) is 1.72. The van der Waals surface area contributed by atoms with Gasteiger partial charge in [0.1, 0.15) is 17.3 Å². The molecule has 0 aromatic heterocycles. The molecule has 0 saturated heterocycles. The zero-order valence-corrected chi connectivity index (χ0v) is 12.2. The van der Waals surface area contributed by atoms with Gasteiger partial charge < -0.3 is 10.6 Å². The Morgan fingerprint density at radius 1 is 1.16 bits per heavy atom. The van der Waals surface area contributed by atoms with E-state index in [2.05, 4.69) is 0 Å². The summed E-state index contributed by atoms with van der Waals surface area (Å²) < 4.78 is 28.3. The molecule has 2 nitrogen and oxygen atoms in total. The molecule has 0 saturated carbocycles. The van der Waals surface area contributed by atoms with Crippen LogP contribution in [0.5, 0.6) is 0 Å². The zero-order chi connectivity index (χ0) is 14.6. The van der Waals surface area contributed by atoms with Gasteiger partial charge in [0.2, 0.25) is 0 Å². The van der Waals surface area contributed by atoms with Crippen molar-refractivity contribution >= 4 is 5.69 Å². The first-order valence-electron chi connectivity index (χ1n) is 6.90. The van der Waals surface area contributed by atoms with E-state index < -0.39 is 11.6 Å². The minimum absolute atomic E-state index is 0.0535. The number of nitrogens with two attached hydrogens (primary N) is 1. The molecule has 4 heteroatoms. The summed E-state index contributed by atoms with van der Waals surface area (Å²) >= 11 is 0. The van der Waals surface area contributed by atoms with Gasteiger partial charge in [0.05, 0.1) is 0 Å². The first kappa shape index (κ1) is 15.9. The fourth-order valence-electron chi connectivity index (χ4n) is 2.24. The molecule has 0 radical (unpaired) electrons. The van der Waals surface area contributed by atoms with Gasteiger partial charge in [0.25, 0.3) is 0 Å². The molecule has 1 aromatic carbocycles. The van der Waals surface area contributed by atoms with Crippen LogP contribution in [-0.4, -0.2) is 18.6 Å². The van der Waals surface area contributed by atoms with E-state index in [0.29, 0.717) is 18.5 Å². The predicted octanol–water partition coefficient (Wildman–Crippen LogP) is 3.48. The Kier molecular flexibility index (Phi) is 5.73. The Labute approximate surface area is 114 Å². The molecule has 0 heterocycles. The Morgan fingerprint density at radius 3 is 2.05 bits per heavy atom. The number of benzene rings is 1. The Balaban J connectivity index is 3.10. The standard InChI is InChI=1S/C15H24F2N2/c1-5-12(18)7-11-8-13(16)15(14(17)9-11)19(6-2)10(3)4/h8-10,12H,5-7,18H2,1-4H3. The van der Waals surface area contributed by atoms with Crippen molar-refractivity contribution in [2.45, 2.75) is 52.6 Å². The molecule has 1 rings (SSSR count). The number of hydrogen-bond acceptors (Lipinski definition) is 2. The van der Waals surface area contributed by atoms with E-state index in [1.807, 2.05) is 27.7 Å². The fraction of sp³-hybridized carbons (Fsp3) is 0.600. The van der Waals surface area contributed by atoms with Crippen LogP contribution in [0, 0.1) is 11.6 Å². The Morgan fingerprint density at radius 2 is 1.68 bits per heavy atom. The van der Waals surface area contributed by atoms with Gasteiger partial charge in [-0.05, 0) is 51.3 Å². The molecule has 0 amide bonds. The van der Waals surface area contributed by atoms with E-state index in [-0.39, 0.29) is 17.8 Å². The summed E-state index contributed by atoms with van der Waals surface area (Å²) in [6.07, 6.45) is 1.29. The summed E-state index contributed by atoms with van der Waals surface area (Å²) in [5.74, 6) is -1.01. The molecule has 108 valence electrons. The van der Waals surface area contributed by atoms with Gasteiger partial charge in [-0.25, -0.2) is 8.78 Å². The molecule has 0 spiro atoms. The van der Waals surface area contributed by atoms with Crippen LogP contribution < -0.4 is 10.6 Å². The second-order valence-corrected chi connectivity index (χ2v) is 5.16. The molecule has 1 aromatic rings. The third-order valence-corrected chi connectivity index (χ3v) is 3.35. The van der Waals surface area contributed by atoms with Crippen LogP contribution in [0.4, 0.5) is 14.5 Å². The highest BCUT2D eigenvalue weighted by molar-refractivity contribution is 5.51. The molecule has 0 fully saturated rings. The molecule has 0 bridgehead atoms. The van der Waals surface area contributed by atoms with Crippen molar-refractivity contribution in [2.75, 3.05) is 11.4 Å². The average molecular weight is 270 g/mol. The lowest BCUT2D eigenvalue weighted by molar-refractivity contribution is 0.552. The monoisotopic (exact) mass is 270 g/mol. The van der Waals surface area contributed by atoms with E-state index in [1.165, 1.54) is 12.1 Å². The fourth-order valence-corrected chi connectivity index (χ4v) is 2.24. The van der Waals surface area contributed by atoms with Gasteiger partial charge >= 0.3 is 0 Å². The Bertz CT molecular complexity index is 396. The molecular weight excluding hydrogens is 246 g/mol. The van der Waals surface area contributed by atoms with Gasteiger partial charge in [-0.3, -0.25) is 0 Å². The van der Waals surface area contributed by atoms with Crippen molar-refractivity contribution in [2.24, 2.45) is 5.73 Å². The van der Waals surface area contributed by atoms with Crippen LogP contribution in [-0.2, 0) is 6.42 Å². The van der Waals surface area contributed by atoms with Crippen molar-refractivity contribution in [3.8, 4) is 0 Å². The first-order valence-corrected chi connectivity index (χ1v) is 6.90. The number of anilines is 1. The summed E-state index contributed by atoms with van der Waals surface area (Å²) in [6, 6.07) is 2.80. The number of hydrogen-bond donors (Lipinski definition) is 1. The van der Waals surface area contributed by atoms with E-state index in [9.17, 15) is 8.78 Å². The maximum atomic E-state index is 14.1. The summed E-state index contributed by atoms with van der Waals surface area (Å²) in [7, 11) is 0. The highest BCUT2D eigenvalue weighted by atomic mass is 19.1. The van der Waals surface area contributed by atoms with Gasteiger partial charge in [-0.1, -0.05) is 6.92 Å². The molecule has 0 aliphatic carbocycles. The molecule has 1 atom stereocenters. The van der Waals surface area contributed by atoms with E-state index >= 15 is 0 Å². The topological polar surface area (TPSA) is 29.3 Å². The summed E-state index contributed by atoms with van der Waals surface area (Å²) in [5, 5.41) is 0. The number of rotatable bonds is 6. The molecule has 0 aliphatic rings. The number of halogens is 2. The summed E-state index contributed by atoms with van der Waals surface area (Å²) in [6.45, 7) is 8.26. The zero-order valence-electron chi connectivity index (χ0n) is 12.2. The molecule has 2 N–H and O–H groups in total. The van der Waals surface area contributed by atoms with Crippen LogP contribution in [0.1, 0.15) is 39.7 Å². The van der Waals surface area contributed by atoms with Crippen LogP contribution in [0.15, 0.2) is 12.1 Å². The summed E-state index contributed by atoms with van der Waals surface area (Å²) in [5.41, 5.74) is 6.50. The van der Waals surface area contributed by atoms with E-state index in [4.69, 9.17) is 5.73 Å². The highest BCUT2D eigenvalue weighted by Gasteiger charge is 2.19. The quantitative estimate of drug-likeness (QED) is 0.857.